The highest BCUT2D eigenvalue weighted by Crippen LogP contribution is 2.45. The summed E-state index contributed by atoms with van der Waals surface area (Å²) in [4.78, 5) is 72.9. The van der Waals surface area contributed by atoms with Gasteiger partial charge in [0.15, 0.2) is 12.2 Å². The monoisotopic (exact) mass is 1450 g/mol. The predicted octanol–water partition coefficient (Wildman–Crippen LogP) is 23.9. The van der Waals surface area contributed by atoms with Gasteiger partial charge in [0, 0.05) is 25.7 Å². The molecule has 0 aromatic rings. The van der Waals surface area contributed by atoms with Crippen molar-refractivity contribution in [1.82, 2.24) is 0 Å². The molecule has 19 heteroatoms. The van der Waals surface area contributed by atoms with E-state index in [4.69, 9.17) is 37.0 Å². The number of hydrogen-bond donors (Lipinski definition) is 3. The fourth-order valence-corrected chi connectivity index (χ4v) is 13.9. The summed E-state index contributed by atoms with van der Waals surface area (Å²) in [6.07, 6.45) is 61.1. The van der Waals surface area contributed by atoms with Gasteiger partial charge >= 0.3 is 39.5 Å². The third-order valence-electron chi connectivity index (χ3n) is 19.1. The maximum atomic E-state index is 13.1. The molecule has 0 aliphatic carbocycles. The Bertz CT molecular complexity index is 1910. The van der Waals surface area contributed by atoms with Gasteiger partial charge in [-0.15, -0.1) is 0 Å². The average molecular weight is 1450 g/mol. The van der Waals surface area contributed by atoms with Crippen LogP contribution in [0.2, 0.25) is 0 Å². The van der Waals surface area contributed by atoms with Crippen LogP contribution in [0.15, 0.2) is 0 Å². The lowest BCUT2D eigenvalue weighted by Gasteiger charge is -2.21. The second-order valence-electron chi connectivity index (χ2n) is 29.5. The molecule has 0 aromatic heterocycles. The number of carbonyl (C=O) groups excluding carboxylic acids is 4. The van der Waals surface area contributed by atoms with Gasteiger partial charge in [-0.25, -0.2) is 9.13 Å². The smallest absolute Gasteiger partial charge is 0.462 e. The van der Waals surface area contributed by atoms with Gasteiger partial charge in [0.25, 0.3) is 0 Å². The van der Waals surface area contributed by atoms with Crippen LogP contribution in [0, 0.1) is 11.8 Å². The van der Waals surface area contributed by atoms with Gasteiger partial charge in [0.2, 0.25) is 0 Å². The Morgan fingerprint density at radius 2 is 0.515 bits per heavy atom. The quantitative estimate of drug-likeness (QED) is 0.0222. The molecule has 3 N–H and O–H groups in total. The summed E-state index contributed by atoms with van der Waals surface area (Å²) in [5.41, 5.74) is 0. The van der Waals surface area contributed by atoms with Crippen LogP contribution in [0.1, 0.15) is 420 Å². The van der Waals surface area contributed by atoms with Gasteiger partial charge in [-0.05, 0) is 37.5 Å². The van der Waals surface area contributed by atoms with E-state index < -0.39 is 97.5 Å². The summed E-state index contributed by atoms with van der Waals surface area (Å²) < 4.78 is 68.6. The first kappa shape index (κ1) is 97.1. The van der Waals surface area contributed by atoms with Crippen molar-refractivity contribution in [2.75, 3.05) is 39.6 Å². The van der Waals surface area contributed by atoms with E-state index in [1.54, 1.807) is 0 Å². The van der Waals surface area contributed by atoms with Crippen molar-refractivity contribution < 1.29 is 80.2 Å². The minimum Gasteiger partial charge on any atom is -0.462 e. The molecule has 0 amide bonds. The van der Waals surface area contributed by atoms with Gasteiger partial charge in [0.05, 0.1) is 26.4 Å². The molecule has 3 unspecified atom stereocenters. The third kappa shape index (κ3) is 72.8. The summed E-state index contributed by atoms with van der Waals surface area (Å²) in [6, 6.07) is 0. The highest BCUT2D eigenvalue weighted by Gasteiger charge is 2.30. The van der Waals surface area contributed by atoms with Crippen molar-refractivity contribution in [3.8, 4) is 0 Å². The molecule has 0 rings (SSSR count). The van der Waals surface area contributed by atoms with E-state index in [0.29, 0.717) is 25.7 Å². The molecule has 99 heavy (non-hydrogen) atoms. The van der Waals surface area contributed by atoms with Crippen molar-refractivity contribution >= 4 is 39.5 Å². The normalized spacial score (nSPS) is 14.2. The zero-order valence-corrected chi connectivity index (χ0v) is 66.6. The lowest BCUT2D eigenvalue weighted by Crippen LogP contribution is -2.30. The standard InChI is InChI=1S/C80H156O17P2/c1-7-10-12-14-16-18-20-21-22-23-24-25-26-27-28-31-35-39-46-52-58-64-79(84)96-75(68-91-78(83)63-57-51-45-38-34-32-29-30-33-36-42-48-54-60-72(4)5)70-94-98(86,87)92-66-74(81)67-93-99(88,89)95-71-76(69-90-77(82)62-56-50-44-37-19-17-15-13-11-8-2)97-80(85)65-59-53-47-41-40-43-49-55-61-73(6)9-3/h72-76,81H,7-71H2,1-6H3,(H,86,87)(H,88,89)/t73?,74-,75-,76-/m1/s1. The highest BCUT2D eigenvalue weighted by molar-refractivity contribution is 7.47. The van der Waals surface area contributed by atoms with Crippen LogP contribution in [-0.4, -0.2) is 96.7 Å². The van der Waals surface area contributed by atoms with Gasteiger partial charge in [-0.2, -0.15) is 0 Å². The van der Waals surface area contributed by atoms with Crippen molar-refractivity contribution in [2.45, 2.75) is 439 Å². The van der Waals surface area contributed by atoms with Crippen LogP contribution in [0.5, 0.6) is 0 Å². The first-order chi connectivity index (χ1) is 47.9. The molecule has 17 nitrogen and oxygen atoms in total. The lowest BCUT2D eigenvalue weighted by atomic mass is 9.99. The molecule has 0 aliphatic rings. The highest BCUT2D eigenvalue weighted by atomic mass is 31.2. The van der Waals surface area contributed by atoms with Crippen LogP contribution in [0.3, 0.4) is 0 Å². The number of unbranched alkanes of at least 4 members (excludes halogenated alkanes) is 48. The number of phosphoric acid groups is 2. The second kappa shape index (κ2) is 71.7. The predicted molar refractivity (Wildman–Crippen MR) is 405 cm³/mol. The minimum absolute atomic E-state index is 0.105. The van der Waals surface area contributed by atoms with Crippen LogP contribution >= 0.6 is 15.6 Å². The molecule has 0 saturated carbocycles. The Hall–Kier alpha value is -1.94. The summed E-state index contributed by atoms with van der Waals surface area (Å²) in [6.45, 7) is 9.63. The fourth-order valence-electron chi connectivity index (χ4n) is 12.3. The van der Waals surface area contributed by atoms with Crippen molar-refractivity contribution in [3.05, 3.63) is 0 Å². The number of carbonyl (C=O) groups is 4. The maximum Gasteiger partial charge on any atom is 0.472 e. The van der Waals surface area contributed by atoms with Crippen LogP contribution in [-0.2, 0) is 65.4 Å². The molecule has 588 valence electrons. The molecule has 6 atom stereocenters. The van der Waals surface area contributed by atoms with E-state index in [0.717, 1.165) is 102 Å². The van der Waals surface area contributed by atoms with E-state index in [9.17, 15) is 43.2 Å². The number of phosphoric ester groups is 2. The van der Waals surface area contributed by atoms with E-state index in [1.165, 1.54) is 238 Å². The van der Waals surface area contributed by atoms with Gasteiger partial charge in [-0.1, -0.05) is 369 Å². The second-order valence-corrected chi connectivity index (χ2v) is 32.4. The molecule has 0 aromatic carbocycles. The van der Waals surface area contributed by atoms with Crippen molar-refractivity contribution in [1.29, 1.82) is 0 Å². The molecule has 0 saturated heterocycles. The molecular weight excluding hydrogens is 1290 g/mol. The largest absolute Gasteiger partial charge is 0.472 e. The Kier molecular flexibility index (Phi) is 70.3. The topological polar surface area (TPSA) is 237 Å². The SMILES string of the molecule is CCCCCCCCCCCCCCCCCCCCCCCC(=O)O[C@H](COC(=O)CCCCCCCCCCCCCCCC(C)C)COP(=O)(O)OC[C@@H](O)COP(=O)(O)OC[C@@H](COC(=O)CCCCCCCCCCCC)OC(=O)CCCCCCCCCCC(C)CC. The number of ether oxygens (including phenoxy) is 4. The Balaban J connectivity index is 5.22. The van der Waals surface area contributed by atoms with Crippen LogP contribution in [0.4, 0.5) is 0 Å². The minimum atomic E-state index is -4.96. The van der Waals surface area contributed by atoms with Gasteiger partial charge < -0.3 is 33.8 Å². The van der Waals surface area contributed by atoms with E-state index in [1.807, 2.05) is 0 Å². The Labute approximate surface area is 607 Å². The fraction of sp³-hybridized carbons (Fsp3) is 0.950. The maximum absolute atomic E-state index is 13.1. The lowest BCUT2D eigenvalue weighted by molar-refractivity contribution is -0.161. The summed E-state index contributed by atoms with van der Waals surface area (Å²) in [5.74, 6) is -0.552. The van der Waals surface area contributed by atoms with Crippen LogP contribution < -0.4 is 0 Å². The Morgan fingerprint density at radius 3 is 0.768 bits per heavy atom. The van der Waals surface area contributed by atoms with Gasteiger partial charge in [0.1, 0.15) is 19.3 Å². The number of aliphatic hydroxyl groups excluding tert-OH is 1. The summed E-state index contributed by atoms with van der Waals surface area (Å²) >= 11 is 0. The Morgan fingerprint density at radius 1 is 0.293 bits per heavy atom. The van der Waals surface area contributed by atoms with E-state index in [2.05, 4.69) is 41.5 Å². The number of esters is 4. The zero-order valence-electron chi connectivity index (χ0n) is 64.8. The molecule has 0 radical (unpaired) electrons. The van der Waals surface area contributed by atoms with Crippen molar-refractivity contribution in [2.24, 2.45) is 11.8 Å². The average Bonchev–Trinajstić information content (AvgIpc) is 1.12. The molecule has 0 fully saturated rings. The zero-order chi connectivity index (χ0) is 72.8. The van der Waals surface area contributed by atoms with Gasteiger partial charge in [-0.3, -0.25) is 37.3 Å². The molecule has 0 aliphatic heterocycles. The third-order valence-corrected chi connectivity index (χ3v) is 21.0. The van der Waals surface area contributed by atoms with Crippen molar-refractivity contribution in [3.63, 3.8) is 0 Å². The number of hydrogen-bond acceptors (Lipinski definition) is 15. The van der Waals surface area contributed by atoms with E-state index >= 15 is 0 Å². The number of aliphatic hydroxyl groups is 1. The van der Waals surface area contributed by atoms with Crippen LogP contribution in [0.25, 0.3) is 0 Å². The molecule has 0 heterocycles. The van der Waals surface area contributed by atoms with E-state index in [-0.39, 0.29) is 25.7 Å². The molecular formula is C80H156O17P2. The first-order valence-corrected chi connectivity index (χ1v) is 44.5. The molecule has 0 bridgehead atoms. The summed E-state index contributed by atoms with van der Waals surface area (Å²) in [5, 5.41) is 10.6. The summed E-state index contributed by atoms with van der Waals surface area (Å²) in [7, 11) is -9.92. The molecule has 0 spiro atoms. The number of rotatable bonds is 79. The first-order valence-electron chi connectivity index (χ1n) is 41.5.